The molecule has 3 nitrogen and oxygen atoms in total. The second-order valence-electron chi connectivity index (χ2n) is 4.51. The summed E-state index contributed by atoms with van der Waals surface area (Å²) in [5.74, 6) is 0. The Hall–Kier alpha value is 0.0600. The number of rotatable bonds is 9. The van der Waals surface area contributed by atoms with Gasteiger partial charge in [-0.15, -0.1) is 11.3 Å². The molecule has 0 saturated carbocycles. The highest BCUT2D eigenvalue weighted by atomic mass is 79.9. The maximum Gasteiger partial charge on any atom is 0.0594 e. The number of ether oxygens (including phenoxy) is 1. The third-order valence-corrected chi connectivity index (χ3v) is 5.05. The summed E-state index contributed by atoms with van der Waals surface area (Å²) in [5.41, 5.74) is 6.35. The van der Waals surface area contributed by atoms with Gasteiger partial charge in [0.15, 0.2) is 0 Å². The standard InChI is InChI=1S/C14H25BrN2OS/c1-4-12(16)14(13-9-11(15)10-19-13)17(5-2)7-8-18-6-3/h9-10,12,14H,4-8,16H2,1-3H3. The van der Waals surface area contributed by atoms with Gasteiger partial charge in [0.05, 0.1) is 12.6 Å². The van der Waals surface area contributed by atoms with Gasteiger partial charge in [-0.1, -0.05) is 13.8 Å². The van der Waals surface area contributed by atoms with E-state index >= 15 is 0 Å². The highest BCUT2D eigenvalue weighted by molar-refractivity contribution is 9.10. The van der Waals surface area contributed by atoms with Crippen molar-refractivity contribution in [3.63, 3.8) is 0 Å². The van der Waals surface area contributed by atoms with E-state index in [1.54, 1.807) is 11.3 Å². The zero-order valence-electron chi connectivity index (χ0n) is 12.1. The SMILES string of the molecule is CCOCCN(CC)C(c1cc(Br)cs1)C(N)CC. The van der Waals surface area contributed by atoms with Crippen LogP contribution in [0.1, 0.15) is 38.1 Å². The number of hydrogen-bond donors (Lipinski definition) is 1. The molecule has 1 aromatic rings. The van der Waals surface area contributed by atoms with E-state index in [2.05, 4.69) is 46.1 Å². The monoisotopic (exact) mass is 348 g/mol. The molecule has 0 saturated heterocycles. The predicted molar refractivity (Wildman–Crippen MR) is 86.8 cm³/mol. The van der Waals surface area contributed by atoms with E-state index in [0.29, 0.717) is 0 Å². The molecule has 0 aliphatic carbocycles. The summed E-state index contributed by atoms with van der Waals surface area (Å²) in [4.78, 5) is 3.75. The van der Waals surface area contributed by atoms with Crippen LogP contribution in [0.3, 0.4) is 0 Å². The van der Waals surface area contributed by atoms with E-state index in [9.17, 15) is 0 Å². The third kappa shape index (κ3) is 5.16. The Morgan fingerprint density at radius 3 is 2.63 bits per heavy atom. The van der Waals surface area contributed by atoms with Crippen molar-refractivity contribution in [3.05, 3.63) is 20.8 Å². The predicted octanol–water partition coefficient (Wildman–Crippen LogP) is 3.65. The zero-order valence-corrected chi connectivity index (χ0v) is 14.5. The summed E-state index contributed by atoms with van der Waals surface area (Å²) in [6.45, 7) is 9.82. The molecule has 0 bridgehead atoms. The molecule has 1 heterocycles. The van der Waals surface area contributed by atoms with Crippen LogP contribution in [0.5, 0.6) is 0 Å². The minimum atomic E-state index is 0.159. The van der Waals surface area contributed by atoms with Crippen LogP contribution >= 0.6 is 27.3 Å². The second-order valence-corrected chi connectivity index (χ2v) is 6.37. The molecule has 1 rings (SSSR count). The molecule has 110 valence electrons. The van der Waals surface area contributed by atoms with E-state index in [4.69, 9.17) is 10.5 Å². The highest BCUT2D eigenvalue weighted by Gasteiger charge is 2.25. The molecule has 0 spiro atoms. The van der Waals surface area contributed by atoms with Gasteiger partial charge >= 0.3 is 0 Å². The van der Waals surface area contributed by atoms with Crippen molar-refractivity contribution in [1.82, 2.24) is 4.90 Å². The fraction of sp³-hybridized carbons (Fsp3) is 0.714. The molecule has 1 aromatic heterocycles. The van der Waals surface area contributed by atoms with Gasteiger partial charge in [-0.25, -0.2) is 0 Å². The van der Waals surface area contributed by atoms with Crippen LogP contribution < -0.4 is 5.73 Å². The summed E-state index contributed by atoms with van der Waals surface area (Å²) >= 11 is 5.31. The van der Waals surface area contributed by atoms with Crippen molar-refractivity contribution in [2.24, 2.45) is 5.73 Å². The molecule has 2 unspecified atom stereocenters. The Balaban J connectivity index is 2.81. The smallest absolute Gasteiger partial charge is 0.0594 e. The number of halogens is 1. The van der Waals surface area contributed by atoms with Crippen LogP contribution in [0.25, 0.3) is 0 Å². The highest BCUT2D eigenvalue weighted by Crippen LogP contribution is 2.32. The lowest BCUT2D eigenvalue weighted by Gasteiger charge is -2.33. The van der Waals surface area contributed by atoms with Gasteiger partial charge in [0.1, 0.15) is 0 Å². The molecule has 0 aliphatic heterocycles. The summed E-state index contributed by atoms with van der Waals surface area (Å²) < 4.78 is 6.62. The number of thiophene rings is 1. The maximum atomic E-state index is 6.35. The first-order chi connectivity index (χ1) is 9.13. The first-order valence-corrected chi connectivity index (χ1v) is 8.62. The molecule has 0 aromatic carbocycles. The fourth-order valence-electron chi connectivity index (χ4n) is 2.19. The molecule has 5 heteroatoms. The Morgan fingerprint density at radius 2 is 2.16 bits per heavy atom. The van der Waals surface area contributed by atoms with Crippen molar-refractivity contribution in [1.29, 1.82) is 0 Å². The Morgan fingerprint density at radius 1 is 1.42 bits per heavy atom. The molecule has 0 radical (unpaired) electrons. The van der Waals surface area contributed by atoms with Gasteiger partial charge in [-0.05, 0) is 41.9 Å². The van der Waals surface area contributed by atoms with E-state index in [1.165, 1.54) is 4.88 Å². The molecular weight excluding hydrogens is 324 g/mol. The van der Waals surface area contributed by atoms with Crippen LogP contribution in [0.15, 0.2) is 15.9 Å². The van der Waals surface area contributed by atoms with E-state index in [1.807, 2.05) is 6.92 Å². The van der Waals surface area contributed by atoms with Crippen molar-refractivity contribution in [3.8, 4) is 0 Å². The summed E-state index contributed by atoms with van der Waals surface area (Å²) in [6, 6.07) is 2.63. The van der Waals surface area contributed by atoms with Gasteiger partial charge in [0.25, 0.3) is 0 Å². The third-order valence-electron chi connectivity index (χ3n) is 3.28. The number of hydrogen-bond acceptors (Lipinski definition) is 4. The van der Waals surface area contributed by atoms with E-state index < -0.39 is 0 Å². The second kappa shape index (κ2) is 9.08. The van der Waals surface area contributed by atoms with Crippen LogP contribution in [-0.4, -0.2) is 37.2 Å². The Labute approximate surface area is 129 Å². The van der Waals surface area contributed by atoms with Gasteiger partial charge in [-0.2, -0.15) is 0 Å². The Kier molecular flexibility index (Phi) is 8.18. The van der Waals surface area contributed by atoms with Gasteiger partial charge in [0.2, 0.25) is 0 Å². The molecule has 0 amide bonds. The molecule has 0 fully saturated rings. The molecular formula is C14H25BrN2OS. The molecule has 19 heavy (non-hydrogen) atoms. The number of nitrogens with two attached hydrogens (primary N) is 1. The lowest BCUT2D eigenvalue weighted by molar-refractivity contribution is 0.0898. The van der Waals surface area contributed by atoms with E-state index in [0.717, 1.165) is 37.2 Å². The summed E-state index contributed by atoms with van der Waals surface area (Å²) in [5, 5.41) is 2.13. The van der Waals surface area contributed by atoms with Gasteiger partial charge in [0, 0.05) is 33.9 Å². The van der Waals surface area contributed by atoms with Crippen molar-refractivity contribution < 1.29 is 4.74 Å². The van der Waals surface area contributed by atoms with Crippen LogP contribution in [0, 0.1) is 0 Å². The van der Waals surface area contributed by atoms with Crippen LogP contribution in [-0.2, 0) is 4.74 Å². The van der Waals surface area contributed by atoms with Crippen LogP contribution in [0.2, 0.25) is 0 Å². The van der Waals surface area contributed by atoms with Gasteiger partial charge < -0.3 is 10.5 Å². The normalized spacial score (nSPS) is 14.8. The molecule has 2 N–H and O–H groups in total. The number of likely N-dealkylation sites (N-methyl/N-ethyl adjacent to an activating group) is 1. The first-order valence-electron chi connectivity index (χ1n) is 6.95. The molecule has 2 atom stereocenters. The van der Waals surface area contributed by atoms with Crippen molar-refractivity contribution in [2.75, 3.05) is 26.3 Å². The average molecular weight is 349 g/mol. The minimum absolute atomic E-state index is 0.159. The van der Waals surface area contributed by atoms with Crippen molar-refractivity contribution in [2.45, 2.75) is 39.3 Å². The average Bonchev–Trinajstić information content (AvgIpc) is 2.83. The minimum Gasteiger partial charge on any atom is -0.380 e. The van der Waals surface area contributed by atoms with Gasteiger partial charge in [-0.3, -0.25) is 4.90 Å². The van der Waals surface area contributed by atoms with Crippen molar-refractivity contribution >= 4 is 27.3 Å². The topological polar surface area (TPSA) is 38.5 Å². The zero-order chi connectivity index (χ0) is 14.3. The number of nitrogens with zero attached hydrogens (tertiary/aromatic N) is 1. The first kappa shape index (κ1) is 17.1. The lowest BCUT2D eigenvalue weighted by atomic mass is 10.0. The van der Waals surface area contributed by atoms with Crippen LogP contribution in [0.4, 0.5) is 0 Å². The largest absolute Gasteiger partial charge is 0.380 e. The summed E-state index contributed by atoms with van der Waals surface area (Å²) in [6.07, 6.45) is 0.978. The van der Waals surface area contributed by atoms with E-state index in [-0.39, 0.29) is 12.1 Å². The lowest BCUT2D eigenvalue weighted by Crippen LogP contribution is -2.42. The fourth-order valence-corrected chi connectivity index (χ4v) is 3.84. The molecule has 0 aliphatic rings. The quantitative estimate of drug-likeness (QED) is 0.692. The maximum absolute atomic E-state index is 6.35. The Bertz CT molecular complexity index is 359. The summed E-state index contributed by atoms with van der Waals surface area (Å²) in [7, 11) is 0.